The summed E-state index contributed by atoms with van der Waals surface area (Å²) in [6, 6.07) is 9.65. The number of nitrogens with zero attached hydrogens (tertiary/aromatic N) is 7. The molecule has 5 rings (SSSR count). The van der Waals surface area contributed by atoms with Gasteiger partial charge in [0.2, 0.25) is 11.8 Å². The molecule has 1 aromatic carbocycles. The molecule has 1 atom stereocenters. The number of hydrogen-bond acceptors (Lipinski definition) is 6. The second-order valence-corrected chi connectivity index (χ2v) is 8.19. The molecule has 9 heteroatoms. The number of hydrogen-bond donors (Lipinski definition) is 0. The molecule has 2 aliphatic rings. The van der Waals surface area contributed by atoms with E-state index in [0.717, 1.165) is 22.6 Å². The van der Waals surface area contributed by atoms with Gasteiger partial charge in [-0.05, 0) is 24.1 Å². The topological polar surface area (TPSA) is 86.9 Å². The third kappa shape index (κ3) is 3.59. The number of piperazine rings is 1. The van der Waals surface area contributed by atoms with Crippen molar-refractivity contribution in [2.24, 2.45) is 0 Å². The van der Waals surface area contributed by atoms with Gasteiger partial charge in [0.1, 0.15) is 12.1 Å². The van der Waals surface area contributed by atoms with E-state index in [1.165, 1.54) is 13.3 Å². The number of carbonyl (C=O) groups excluding carboxylic acids is 2. The van der Waals surface area contributed by atoms with E-state index >= 15 is 0 Å². The third-order valence-electron chi connectivity index (χ3n) is 6.15. The molecule has 0 radical (unpaired) electrons. The van der Waals surface area contributed by atoms with Gasteiger partial charge in [0, 0.05) is 51.1 Å². The zero-order valence-electron chi connectivity index (χ0n) is 18.2. The Morgan fingerprint density at radius 2 is 1.91 bits per heavy atom. The molecule has 0 spiro atoms. The Hall–Kier alpha value is -3.75. The zero-order chi connectivity index (χ0) is 22.2. The Labute approximate surface area is 186 Å². The van der Waals surface area contributed by atoms with Crippen molar-refractivity contribution in [3.05, 3.63) is 59.7 Å². The van der Waals surface area contributed by atoms with E-state index in [1.54, 1.807) is 15.6 Å². The van der Waals surface area contributed by atoms with Gasteiger partial charge in [-0.25, -0.2) is 4.98 Å². The molecule has 4 heterocycles. The quantitative estimate of drug-likeness (QED) is 0.631. The first kappa shape index (κ1) is 20.2. The van der Waals surface area contributed by atoms with Crippen LogP contribution in [0.25, 0.3) is 11.9 Å². The highest BCUT2D eigenvalue weighted by Crippen LogP contribution is 2.33. The van der Waals surface area contributed by atoms with Crippen LogP contribution >= 0.6 is 0 Å². The van der Waals surface area contributed by atoms with Crippen molar-refractivity contribution in [3.63, 3.8) is 0 Å². The molecule has 2 aromatic heterocycles. The molecule has 9 nitrogen and oxygen atoms in total. The third-order valence-corrected chi connectivity index (χ3v) is 6.15. The lowest BCUT2D eigenvalue weighted by Crippen LogP contribution is -2.50. The molecule has 1 unspecified atom stereocenters. The summed E-state index contributed by atoms with van der Waals surface area (Å²) in [6.45, 7) is 6.09. The number of fused-ring (bicyclic) bond motifs is 2. The minimum atomic E-state index is -0.281. The van der Waals surface area contributed by atoms with E-state index < -0.39 is 0 Å². The van der Waals surface area contributed by atoms with Gasteiger partial charge in [-0.3, -0.25) is 9.59 Å². The smallest absolute Gasteiger partial charge is 0.254 e. The van der Waals surface area contributed by atoms with Gasteiger partial charge in [-0.2, -0.15) is 14.6 Å². The van der Waals surface area contributed by atoms with Crippen molar-refractivity contribution >= 4 is 29.5 Å². The lowest BCUT2D eigenvalue weighted by atomic mass is 9.93. The fraction of sp³-hybridized carbons (Fsp3) is 0.348. The highest BCUT2D eigenvalue weighted by atomic mass is 16.2. The number of aromatic nitrogens is 4. The first-order valence-corrected chi connectivity index (χ1v) is 10.8. The normalized spacial score (nSPS) is 18.2. The molecule has 32 heavy (non-hydrogen) atoms. The van der Waals surface area contributed by atoms with Crippen LogP contribution in [0.4, 0.5) is 5.82 Å². The average Bonchev–Trinajstić information content (AvgIpc) is 3.27. The van der Waals surface area contributed by atoms with E-state index in [1.807, 2.05) is 48.2 Å². The summed E-state index contributed by atoms with van der Waals surface area (Å²) < 4.78 is 1.74. The van der Waals surface area contributed by atoms with Crippen LogP contribution < -0.4 is 4.90 Å². The molecule has 2 aliphatic heterocycles. The van der Waals surface area contributed by atoms with Crippen molar-refractivity contribution < 1.29 is 9.59 Å². The van der Waals surface area contributed by atoms with Gasteiger partial charge in [0.05, 0.1) is 12.5 Å². The van der Waals surface area contributed by atoms with Crippen LogP contribution in [-0.2, 0) is 9.59 Å². The SMILES string of the molecule is CC(=O)N1C=Cc2ccccc2C1CC(=O)N1CCN(c2cc(C)nc3ncnn23)CC1. The molecule has 1 fully saturated rings. The maximum atomic E-state index is 13.2. The van der Waals surface area contributed by atoms with Crippen LogP contribution in [-0.4, -0.2) is 67.4 Å². The molecule has 164 valence electrons. The predicted octanol–water partition coefficient (Wildman–Crippen LogP) is 2.05. The summed E-state index contributed by atoms with van der Waals surface area (Å²) >= 11 is 0. The molecule has 1 saturated heterocycles. The molecule has 3 aromatic rings. The molecule has 0 bridgehead atoms. The fourth-order valence-corrected chi connectivity index (χ4v) is 4.53. The van der Waals surface area contributed by atoms with Crippen molar-refractivity contribution in [3.8, 4) is 0 Å². The van der Waals surface area contributed by atoms with Crippen molar-refractivity contribution in [1.29, 1.82) is 0 Å². The molecule has 0 saturated carbocycles. The maximum Gasteiger partial charge on any atom is 0.254 e. The van der Waals surface area contributed by atoms with Gasteiger partial charge >= 0.3 is 0 Å². The van der Waals surface area contributed by atoms with Gasteiger partial charge in [-0.15, -0.1) is 0 Å². The number of rotatable bonds is 3. The fourth-order valence-electron chi connectivity index (χ4n) is 4.53. The molecular weight excluding hydrogens is 406 g/mol. The number of amides is 2. The van der Waals surface area contributed by atoms with Crippen molar-refractivity contribution in [2.45, 2.75) is 26.3 Å². The Kier molecular flexibility index (Phi) is 5.08. The molecular formula is C23H25N7O2. The van der Waals surface area contributed by atoms with E-state index in [2.05, 4.69) is 20.0 Å². The Morgan fingerprint density at radius 1 is 1.12 bits per heavy atom. The summed E-state index contributed by atoms with van der Waals surface area (Å²) in [5, 5.41) is 4.29. The number of anilines is 1. The lowest BCUT2D eigenvalue weighted by Gasteiger charge is -2.38. The van der Waals surface area contributed by atoms with E-state index in [-0.39, 0.29) is 24.3 Å². The Balaban J connectivity index is 1.30. The van der Waals surface area contributed by atoms with Crippen molar-refractivity contribution in [1.82, 2.24) is 29.4 Å². The highest BCUT2D eigenvalue weighted by molar-refractivity contribution is 5.82. The molecule has 0 N–H and O–H groups in total. The van der Waals surface area contributed by atoms with E-state index in [9.17, 15) is 9.59 Å². The van der Waals surface area contributed by atoms with Crippen LogP contribution in [0.5, 0.6) is 0 Å². The van der Waals surface area contributed by atoms with E-state index in [0.29, 0.717) is 32.0 Å². The Bertz CT molecular complexity index is 1210. The predicted molar refractivity (Wildman–Crippen MR) is 120 cm³/mol. The van der Waals surface area contributed by atoms with E-state index in [4.69, 9.17) is 0 Å². The first-order chi connectivity index (χ1) is 15.5. The average molecular weight is 432 g/mol. The standard InChI is InChI=1S/C23H25N7O2/c1-16-13-21(30-23(26-16)24-15-25-30)27-9-11-28(12-10-27)22(32)14-20-19-6-4-3-5-18(19)7-8-29(20)17(2)31/h3-8,13,15,20H,9-12,14H2,1-2H3. The monoisotopic (exact) mass is 431 g/mol. The Morgan fingerprint density at radius 3 is 2.69 bits per heavy atom. The number of aryl methyl sites for hydroxylation is 1. The van der Waals surface area contributed by atoms with Gasteiger partial charge in [0.15, 0.2) is 0 Å². The van der Waals surface area contributed by atoms with Crippen LogP contribution in [0.3, 0.4) is 0 Å². The zero-order valence-corrected chi connectivity index (χ0v) is 18.2. The summed E-state index contributed by atoms with van der Waals surface area (Å²) in [5.74, 6) is 1.50. The number of carbonyl (C=O) groups is 2. The largest absolute Gasteiger partial charge is 0.353 e. The van der Waals surface area contributed by atoms with Gasteiger partial charge in [0.25, 0.3) is 5.78 Å². The second-order valence-electron chi connectivity index (χ2n) is 8.19. The van der Waals surface area contributed by atoms with Crippen molar-refractivity contribution in [2.75, 3.05) is 31.1 Å². The van der Waals surface area contributed by atoms with Crippen LogP contribution in [0.1, 0.15) is 36.2 Å². The summed E-state index contributed by atoms with van der Waals surface area (Å²) in [4.78, 5) is 39.8. The van der Waals surface area contributed by atoms with Gasteiger partial charge in [-0.1, -0.05) is 24.3 Å². The lowest BCUT2D eigenvalue weighted by molar-refractivity contribution is -0.134. The van der Waals surface area contributed by atoms with Gasteiger partial charge < -0.3 is 14.7 Å². The summed E-state index contributed by atoms with van der Waals surface area (Å²) in [7, 11) is 0. The summed E-state index contributed by atoms with van der Waals surface area (Å²) in [6.07, 6.45) is 5.48. The molecule has 2 amide bonds. The van der Waals surface area contributed by atoms with Crippen LogP contribution in [0.2, 0.25) is 0 Å². The second kappa shape index (κ2) is 8.07. The molecule has 0 aliphatic carbocycles. The minimum Gasteiger partial charge on any atom is -0.353 e. The highest BCUT2D eigenvalue weighted by Gasteiger charge is 2.31. The summed E-state index contributed by atoms with van der Waals surface area (Å²) in [5.41, 5.74) is 2.95. The number of benzene rings is 1. The van der Waals surface area contributed by atoms with Crippen LogP contribution in [0, 0.1) is 6.92 Å². The van der Waals surface area contributed by atoms with Crippen LogP contribution in [0.15, 0.2) is 42.9 Å². The first-order valence-electron chi connectivity index (χ1n) is 10.8. The minimum absolute atomic E-state index is 0.0582. The maximum absolute atomic E-state index is 13.2.